The summed E-state index contributed by atoms with van der Waals surface area (Å²) in [6, 6.07) is 0.572. The van der Waals surface area contributed by atoms with Crippen molar-refractivity contribution in [2.45, 2.75) is 38.3 Å². The fourth-order valence-electron chi connectivity index (χ4n) is 2.57. The van der Waals surface area contributed by atoms with E-state index in [1.165, 1.54) is 12.8 Å². The number of hydrogen-bond acceptors (Lipinski definition) is 4. The minimum atomic E-state index is 0.498. The van der Waals surface area contributed by atoms with Crippen LogP contribution in [0.4, 0.5) is 0 Å². The van der Waals surface area contributed by atoms with Crippen LogP contribution in [0.15, 0.2) is 0 Å². The first kappa shape index (κ1) is 13.3. The molecule has 2 aliphatic heterocycles. The first-order valence-electron chi connectivity index (χ1n) is 7.00. The average Bonchev–Trinajstić information content (AvgIpc) is 2.38. The van der Waals surface area contributed by atoms with E-state index in [2.05, 4.69) is 17.1 Å². The quantitative estimate of drug-likeness (QED) is 0.725. The normalized spacial score (nSPS) is 28.4. The fraction of sp³-hybridized carbons (Fsp3) is 1.00. The van der Waals surface area contributed by atoms with Crippen molar-refractivity contribution < 1.29 is 9.47 Å². The van der Waals surface area contributed by atoms with Crippen LogP contribution in [0.2, 0.25) is 0 Å². The number of nitrogens with zero attached hydrogens (tertiary/aromatic N) is 1. The van der Waals surface area contributed by atoms with Crippen molar-refractivity contribution >= 4 is 0 Å². The number of ether oxygens (including phenoxy) is 2. The van der Waals surface area contributed by atoms with Crippen LogP contribution in [0.3, 0.4) is 0 Å². The van der Waals surface area contributed by atoms with E-state index in [1.807, 2.05) is 0 Å². The predicted octanol–water partition coefficient (Wildman–Crippen LogP) is 0.866. The van der Waals surface area contributed by atoms with Gasteiger partial charge in [0.15, 0.2) is 0 Å². The van der Waals surface area contributed by atoms with Crippen LogP contribution in [0.25, 0.3) is 0 Å². The van der Waals surface area contributed by atoms with E-state index in [0.29, 0.717) is 12.1 Å². The zero-order valence-corrected chi connectivity index (χ0v) is 11.0. The van der Waals surface area contributed by atoms with Crippen molar-refractivity contribution in [3.8, 4) is 0 Å². The minimum Gasteiger partial charge on any atom is -0.379 e. The summed E-state index contributed by atoms with van der Waals surface area (Å²) >= 11 is 0. The number of piperidine rings is 1. The van der Waals surface area contributed by atoms with Gasteiger partial charge in [0.2, 0.25) is 0 Å². The van der Waals surface area contributed by atoms with Crippen molar-refractivity contribution in [2.75, 3.05) is 46.0 Å². The summed E-state index contributed by atoms with van der Waals surface area (Å²) in [5.74, 6) is 0. The Morgan fingerprint density at radius 1 is 1.35 bits per heavy atom. The van der Waals surface area contributed by atoms with E-state index in [-0.39, 0.29) is 0 Å². The molecule has 2 rings (SSSR count). The zero-order valence-electron chi connectivity index (χ0n) is 11.0. The molecule has 0 aromatic carbocycles. The molecule has 2 aliphatic rings. The lowest BCUT2D eigenvalue weighted by molar-refractivity contribution is -0.0117. The molecule has 0 aliphatic carbocycles. The lowest BCUT2D eigenvalue weighted by atomic mass is 10.1. The molecule has 0 amide bonds. The van der Waals surface area contributed by atoms with Gasteiger partial charge < -0.3 is 14.8 Å². The lowest BCUT2D eigenvalue weighted by Gasteiger charge is -2.33. The number of rotatable bonds is 5. The summed E-state index contributed by atoms with van der Waals surface area (Å²) in [6.07, 6.45) is 3.99. The highest BCUT2D eigenvalue weighted by Gasteiger charge is 2.18. The van der Waals surface area contributed by atoms with Crippen LogP contribution in [0.5, 0.6) is 0 Å². The fourth-order valence-corrected chi connectivity index (χ4v) is 2.57. The molecule has 0 aromatic heterocycles. The molecule has 2 saturated heterocycles. The third kappa shape index (κ3) is 4.54. The monoisotopic (exact) mass is 242 g/mol. The van der Waals surface area contributed by atoms with Crippen LogP contribution >= 0.6 is 0 Å². The standard InChI is InChI=1S/C13H26N2O2/c1-12-11-16-10-8-15(12)7-2-9-17-13-3-5-14-6-4-13/h12-14H,2-11H2,1H3. The molecule has 2 heterocycles. The molecule has 100 valence electrons. The van der Waals surface area contributed by atoms with E-state index in [1.54, 1.807) is 0 Å². The first-order chi connectivity index (χ1) is 8.36. The molecular weight excluding hydrogens is 216 g/mol. The highest BCUT2D eigenvalue weighted by atomic mass is 16.5. The summed E-state index contributed by atoms with van der Waals surface area (Å²) in [5, 5.41) is 3.36. The molecule has 0 aromatic rings. The maximum absolute atomic E-state index is 5.91. The van der Waals surface area contributed by atoms with Gasteiger partial charge in [0.1, 0.15) is 0 Å². The van der Waals surface area contributed by atoms with Crippen LogP contribution in [-0.4, -0.2) is 63.0 Å². The average molecular weight is 242 g/mol. The van der Waals surface area contributed by atoms with Gasteiger partial charge in [0, 0.05) is 25.7 Å². The third-order valence-corrected chi connectivity index (χ3v) is 3.73. The molecule has 0 saturated carbocycles. The minimum absolute atomic E-state index is 0.498. The van der Waals surface area contributed by atoms with Crippen molar-refractivity contribution in [1.29, 1.82) is 0 Å². The number of hydrogen-bond donors (Lipinski definition) is 1. The van der Waals surface area contributed by atoms with Gasteiger partial charge in [-0.2, -0.15) is 0 Å². The van der Waals surface area contributed by atoms with Gasteiger partial charge in [0.05, 0.1) is 19.3 Å². The summed E-state index contributed by atoms with van der Waals surface area (Å²) in [5.41, 5.74) is 0. The van der Waals surface area contributed by atoms with Crippen LogP contribution in [-0.2, 0) is 9.47 Å². The molecule has 4 heteroatoms. The van der Waals surface area contributed by atoms with E-state index >= 15 is 0 Å². The van der Waals surface area contributed by atoms with Crippen molar-refractivity contribution in [3.05, 3.63) is 0 Å². The third-order valence-electron chi connectivity index (χ3n) is 3.73. The van der Waals surface area contributed by atoms with Crippen LogP contribution in [0, 0.1) is 0 Å². The van der Waals surface area contributed by atoms with Gasteiger partial charge in [-0.3, -0.25) is 4.90 Å². The Balaban J connectivity index is 1.53. The van der Waals surface area contributed by atoms with Crippen LogP contribution in [0.1, 0.15) is 26.2 Å². The Hall–Kier alpha value is -0.160. The predicted molar refractivity (Wildman–Crippen MR) is 68.3 cm³/mol. The van der Waals surface area contributed by atoms with E-state index in [9.17, 15) is 0 Å². The Labute approximate surface area is 105 Å². The SMILES string of the molecule is CC1COCCN1CCCOC1CCNCC1. The van der Waals surface area contributed by atoms with Gasteiger partial charge >= 0.3 is 0 Å². The Bertz CT molecular complexity index is 208. The lowest BCUT2D eigenvalue weighted by Crippen LogP contribution is -2.44. The van der Waals surface area contributed by atoms with Gasteiger partial charge in [-0.1, -0.05) is 0 Å². The maximum atomic E-state index is 5.91. The second-order valence-electron chi connectivity index (χ2n) is 5.13. The second kappa shape index (κ2) is 7.31. The Morgan fingerprint density at radius 3 is 2.94 bits per heavy atom. The molecule has 2 fully saturated rings. The van der Waals surface area contributed by atoms with E-state index in [0.717, 1.165) is 52.4 Å². The smallest absolute Gasteiger partial charge is 0.0619 e. The molecule has 0 radical (unpaired) electrons. The van der Waals surface area contributed by atoms with Crippen molar-refractivity contribution in [1.82, 2.24) is 10.2 Å². The van der Waals surface area contributed by atoms with Crippen molar-refractivity contribution in [3.63, 3.8) is 0 Å². The molecule has 17 heavy (non-hydrogen) atoms. The van der Waals surface area contributed by atoms with Gasteiger partial charge in [-0.05, 0) is 39.3 Å². The Morgan fingerprint density at radius 2 is 2.18 bits per heavy atom. The van der Waals surface area contributed by atoms with Gasteiger partial charge in [-0.15, -0.1) is 0 Å². The Kier molecular flexibility index (Phi) is 5.71. The molecule has 1 unspecified atom stereocenters. The highest BCUT2D eigenvalue weighted by Crippen LogP contribution is 2.09. The largest absolute Gasteiger partial charge is 0.379 e. The molecule has 1 atom stereocenters. The van der Waals surface area contributed by atoms with Gasteiger partial charge in [0.25, 0.3) is 0 Å². The van der Waals surface area contributed by atoms with Crippen LogP contribution < -0.4 is 5.32 Å². The number of nitrogens with one attached hydrogen (secondary N) is 1. The molecule has 0 spiro atoms. The van der Waals surface area contributed by atoms with Crippen molar-refractivity contribution in [2.24, 2.45) is 0 Å². The van der Waals surface area contributed by atoms with E-state index < -0.39 is 0 Å². The molecular formula is C13H26N2O2. The zero-order chi connectivity index (χ0) is 11.9. The van der Waals surface area contributed by atoms with E-state index in [4.69, 9.17) is 9.47 Å². The number of morpholine rings is 1. The topological polar surface area (TPSA) is 33.7 Å². The second-order valence-corrected chi connectivity index (χ2v) is 5.13. The summed E-state index contributed by atoms with van der Waals surface area (Å²) in [4.78, 5) is 2.51. The summed E-state index contributed by atoms with van der Waals surface area (Å²) in [6.45, 7) is 9.39. The maximum Gasteiger partial charge on any atom is 0.0619 e. The first-order valence-corrected chi connectivity index (χ1v) is 7.00. The molecule has 1 N–H and O–H groups in total. The molecule has 0 bridgehead atoms. The molecule has 4 nitrogen and oxygen atoms in total. The summed E-state index contributed by atoms with van der Waals surface area (Å²) in [7, 11) is 0. The van der Waals surface area contributed by atoms with Gasteiger partial charge in [-0.25, -0.2) is 0 Å². The highest BCUT2D eigenvalue weighted by molar-refractivity contribution is 4.71. The summed E-state index contributed by atoms with van der Waals surface area (Å²) < 4.78 is 11.3.